The average Bonchev–Trinajstić information content (AvgIpc) is 2.57. The number of anilines is 1. The summed E-state index contributed by atoms with van der Waals surface area (Å²) in [5.41, 5.74) is -0.207. The quantitative estimate of drug-likeness (QED) is 0.395. The molecule has 0 saturated carbocycles. The van der Waals surface area contributed by atoms with E-state index in [1.54, 1.807) is 0 Å². The van der Waals surface area contributed by atoms with Crippen LogP contribution < -0.4 is 16.0 Å². The van der Waals surface area contributed by atoms with E-state index >= 15 is 0 Å². The normalized spacial score (nSPS) is 14.9. The molecule has 10 heteroatoms. The first-order valence-corrected chi connectivity index (χ1v) is 7.81. The van der Waals surface area contributed by atoms with Crippen LogP contribution in [0.25, 0.3) is 0 Å². The third-order valence-corrected chi connectivity index (χ3v) is 3.85. The summed E-state index contributed by atoms with van der Waals surface area (Å²) in [5.74, 6) is -1.67. The van der Waals surface area contributed by atoms with Gasteiger partial charge in [0.1, 0.15) is 5.02 Å². The number of benzene rings is 1. The number of nitrogens with zero attached hydrogens (tertiary/aromatic N) is 2. The van der Waals surface area contributed by atoms with Gasteiger partial charge in [-0.05, 0) is 12.1 Å². The van der Waals surface area contributed by atoms with Gasteiger partial charge in [0, 0.05) is 51.0 Å². The molecule has 2 rings (SSSR count). The molecule has 0 spiro atoms. The van der Waals surface area contributed by atoms with E-state index in [-0.39, 0.29) is 16.4 Å². The van der Waals surface area contributed by atoms with Crippen molar-refractivity contribution < 1.29 is 14.5 Å². The highest BCUT2D eigenvalue weighted by atomic mass is 35.5. The number of hydrogen-bond donors (Lipinski definition) is 3. The van der Waals surface area contributed by atoms with Gasteiger partial charge in [0.05, 0.1) is 4.92 Å². The molecule has 0 unspecified atom stereocenters. The molecule has 9 nitrogen and oxygen atoms in total. The van der Waals surface area contributed by atoms with Gasteiger partial charge in [0.25, 0.3) is 5.69 Å². The second-order valence-corrected chi connectivity index (χ2v) is 5.63. The predicted molar refractivity (Wildman–Crippen MR) is 89.1 cm³/mol. The molecule has 24 heavy (non-hydrogen) atoms. The Morgan fingerprint density at radius 1 is 1.29 bits per heavy atom. The molecule has 3 N–H and O–H groups in total. The lowest BCUT2D eigenvalue weighted by Crippen LogP contribution is -2.47. The molecular formula is C14H18ClN5O4. The zero-order valence-electron chi connectivity index (χ0n) is 12.9. The Hall–Kier alpha value is -2.23. The van der Waals surface area contributed by atoms with E-state index in [0.717, 1.165) is 32.2 Å². The lowest BCUT2D eigenvalue weighted by Gasteiger charge is -2.26. The van der Waals surface area contributed by atoms with Gasteiger partial charge in [-0.1, -0.05) is 11.6 Å². The zero-order chi connectivity index (χ0) is 17.5. The first-order chi connectivity index (χ1) is 11.5. The van der Waals surface area contributed by atoms with Gasteiger partial charge in [-0.15, -0.1) is 0 Å². The average molecular weight is 356 g/mol. The van der Waals surface area contributed by atoms with Crippen LogP contribution in [0.3, 0.4) is 0 Å². The first kappa shape index (κ1) is 18.1. The van der Waals surface area contributed by atoms with Crippen LogP contribution in [0.4, 0.5) is 11.4 Å². The summed E-state index contributed by atoms with van der Waals surface area (Å²) in [7, 11) is 0. The van der Waals surface area contributed by atoms with Gasteiger partial charge in [-0.3, -0.25) is 24.6 Å². The van der Waals surface area contributed by atoms with E-state index in [4.69, 9.17) is 11.6 Å². The van der Waals surface area contributed by atoms with E-state index in [2.05, 4.69) is 20.9 Å². The summed E-state index contributed by atoms with van der Waals surface area (Å²) in [6.07, 6.45) is 0. The number of hydrogen-bond acceptors (Lipinski definition) is 6. The maximum absolute atomic E-state index is 11.8. The number of nitro benzene ring substituents is 1. The van der Waals surface area contributed by atoms with E-state index in [0.29, 0.717) is 13.1 Å². The molecule has 130 valence electrons. The molecule has 1 saturated heterocycles. The molecule has 1 fully saturated rings. The second-order valence-electron chi connectivity index (χ2n) is 5.22. The lowest BCUT2D eigenvalue weighted by molar-refractivity contribution is -0.384. The number of nitro groups is 1. The molecule has 0 atom stereocenters. The fourth-order valence-corrected chi connectivity index (χ4v) is 2.45. The van der Waals surface area contributed by atoms with Crippen molar-refractivity contribution in [2.75, 3.05) is 44.6 Å². The van der Waals surface area contributed by atoms with Crippen molar-refractivity contribution in [3.05, 3.63) is 33.3 Å². The number of nitrogens with one attached hydrogen (secondary N) is 3. The smallest absolute Gasteiger partial charge is 0.313 e. The Balaban J connectivity index is 1.81. The summed E-state index contributed by atoms with van der Waals surface area (Å²) in [5, 5.41) is 18.8. The summed E-state index contributed by atoms with van der Waals surface area (Å²) in [4.78, 5) is 35.9. The Morgan fingerprint density at radius 3 is 2.67 bits per heavy atom. The number of piperazine rings is 1. The maximum atomic E-state index is 11.8. The van der Waals surface area contributed by atoms with Crippen LogP contribution in [0.2, 0.25) is 5.02 Å². The van der Waals surface area contributed by atoms with Crippen molar-refractivity contribution in [1.82, 2.24) is 15.5 Å². The standard InChI is InChI=1S/C14H18ClN5O4/c15-11-2-1-10(9-12(11)20(23)24)18-14(22)13(21)17-5-8-19-6-3-16-4-7-19/h1-2,9,16H,3-8H2,(H,17,21)(H,18,22). The lowest BCUT2D eigenvalue weighted by atomic mass is 10.2. The van der Waals surface area contributed by atoms with Crippen LogP contribution in [0.1, 0.15) is 0 Å². The molecule has 0 bridgehead atoms. The van der Waals surface area contributed by atoms with Crippen molar-refractivity contribution in [3.63, 3.8) is 0 Å². The summed E-state index contributed by atoms with van der Waals surface area (Å²) < 4.78 is 0. The molecule has 1 aliphatic heterocycles. The topological polar surface area (TPSA) is 117 Å². The van der Waals surface area contributed by atoms with Crippen LogP contribution in [-0.4, -0.2) is 60.9 Å². The molecule has 0 aromatic heterocycles. The van der Waals surface area contributed by atoms with E-state index in [1.807, 2.05) is 0 Å². The second kappa shape index (κ2) is 8.57. The third-order valence-electron chi connectivity index (χ3n) is 3.53. The van der Waals surface area contributed by atoms with Gasteiger partial charge in [0.15, 0.2) is 0 Å². The fraction of sp³-hybridized carbons (Fsp3) is 0.429. The summed E-state index contributed by atoms with van der Waals surface area (Å²) in [6, 6.07) is 3.78. The maximum Gasteiger partial charge on any atom is 0.313 e. The highest BCUT2D eigenvalue weighted by Gasteiger charge is 2.17. The van der Waals surface area contributed by atoms with Gasteiger partial charge in [0.2, 0.25) is 0 Å². The number of carbonyl (C=O) groups excluding carboxylic acids is 2. The minimum Gasteiger partial charge on any atom is -0.347 e. The van der Waals surface area contributed by atoms with Crippen molar-refractivity contribution in [2.24, 2.45) is 0 Å². The van der Waals surface area contributed by atoms with Crippen molar-refractivity contribution in [2.45, 2.75) is 0 Å². The van der Waals surface area contributed by atoms with E-state index < -0.39 is 16.7 Å². The number of halogens is 1. The molecule has 1 aromatic carbocycles. The van der Waals surface area contributed by atoms with Crippen LogP contribution in [0.15, 0.2) is 18.2 Å². The molecule has 0 aliphatic carbocycles. The van der Waals surface area contributed by atoms with Crippen molar-refractivity contribution in [1.29, 1.82) is 0 Å². The number of amides is 2. The van der Waals surface area contributed by atoms with Crippen LogP contribution >= 0.6 is 11.6 Å². The Morgan fingerprint density at radius 2 is 2.00 bits per heavy atom. The molecular weight excluding hydrogens is 338 g/mol. The Bertz CT molecular complexity index is 634. The van der Waals surface area contributed by atoms with Gasteiger partial charge in [-0.25, -0.2) is 0 Å². The largest absolute Gasteiger partial charge is 0.347 e. The Kier molecular flexibility index (Phi) is 6.47. The third kappa shape index (κ3) is 5.15. The minimum absolute atomic E-state index is 0.0431. The predicted octanol–water partition coefficient (Wildman–Crippen LogP) is 0.208. The molecule has 0 radical (unpaired) electrons. The van der Waals surface area contributed by atoms with Crippen molar-refractivity contribution in [3.8, 4) is 0 Å². The zero-order valence-corrected chi connectivity index (χ0v) is 13.6. The fourth-order valence-electron chi connectivity index (χ4n) is 2.26. The van der Waals surface area contributed by atoms with Crippen LogP contribution in [0, 0.1) is 10.1 Å². The highest BCUT2D eigenvalue weighted by Crippen LogP contribution is 2.27. The molecule has 2 amide bonds. The van der Waals surface area contributed by atoms with Gasteiger partial charge >= 0.3 is 11.8 Å². The van der Waals surface area contributed by atoms with Crippen molar-refractivity contribution >= 4 is 34.8 Å². The van der Waals surface area contributed by atoms with Crippen LogP contribution in [0.5, 0.6) is 0 Å². The minimum atomic E-state index is -0.882. The van der Waals surface area contributed by atoms with Gasteiger partial charge < -0.3 is 16.0 Å². The SMILES string of the molecule is O=C(NCCN1CCNCC1)C(=O)Nc1ccc(Cl)c([N+](=O)[O-])c1. The van der Waals surface area contributed by atoms with Crippen LogP contribution in [-0.2, 0) is 9.59 Å². The first-order valence-electron chi connectivity index (χ1n) is 7.43. The van der Waals surface area contributed by atoms with E-state index in [1.165, 1.54) is 12.1 Å². The van der Waals surface area contributed by atoms with E-state index in [9.17, 15) is 19.7 Å². The Labute approximate surface area is 143 Å². The molecule has 1 aliphatic rings. The highest BCUT2D eigenvalue weighted by molar-refractivity contribution is 6.39. The monoisotopic (exact) mass is 355 g/mol. The molecule has 1 heterocycles. The number of carbonyl (C=O) groups is 2. The van der Waals surface area contributed by atoms with Gasteiger partial charge in [-0.2, -0.15) is 0 Å². The molecule has 1 aromatic rings. The number of rotatable bonds is 5. The summed E-state index contributed by atoms with van der Waals surface area (Å²) in [6.45, 7) is 4.63. The summed E-state index contributed by atoms with van der Waals surface area (Å²) >= 11 is 5.69.